The molecule has 9 rings (SSSR count). The predicted octanol–water partition coefficient (Wildman–Crippen LogP) is 1.27. The van der Waals surface area contributed by atoms with Crippen LogP contribution in [0.2, 0.25) is 0 Å². The Balaban J connectivity index is 0.987. The maximum absolute atomic E-state index is 14.2. The monoisotopic (exact) mass is 924 g/mol. The number of aliphatic hydroxyl groups excluding tert-OH is 2. The number of aldehydes is 1. The van der Waals surface area contributed by atoms with Gasteiger partial charge in [-0.15, -0.1) is 11.8 Å². The van der Waals surface area contributed by atoms with Gasteiger partial charge in [0.1, 0.15) is 41.8 Å². The van der Waals surface area contributed by atoms with E-state index in [1.165, 1.54) is 49.1 Å². The smallest absolute Gasteiger partial charge is 0.242 e. The van der Waals surface area contributed by atoms with Gasteiger partial charge in [0, 0.05) is 67.5 Å². The lowest BCUT2D eigenvalue weighted by Gasteiger charge is -2.45. The summed E-state index contributed by atoms with van der Waals surface area (Å²) in [5.74, 6) is -4.60. The molecule has 65 heavy (non-hydrogen) atoms. The van der Waals surface area contributed by atoms with E-state index >= 15 is 0 Å². The molecule has 2 amide bonds. The van der Waals surface area contributed by atoms with Gasteiger partial charge in [0.2, 0.25) is 17.6 Å². The SMILES string of the molecule is COc1cccc2c1C(=O)c1c(O)c3c(c(O)c1C2=O)C[C@@](O)(C(=O)CO)C[C@@H]3O[C@H]1C[C@H]2[C@H](O[C@@H]3[C@@H](OC)OCC(SC4CC(=O)N(CC5CCC(C=O)(CO)CC5)C4=O)N32)[C@H](C)O1. The van der Waals surface area contributed by atoms with E-state index in [2.05, 4.69) is 0 Å². The molecule has 0 spiro atoms. The van der Waals surface area contributed by atoms with Crippen molar-refractivity contribution in [3.63, 3.8) is 0 Å². The molecule has 3 aliphatic carbocycles. The summed E-state index contributed by atoms with van der Waals surface area (Å²) in [6, 6.07) is 3.87. The molecule has 350 valence electrons. The molecule has 2 aromatic carbocycles. The number of aromatic hydroxyl groups is 2. The Morgan fingerprint density at radius 2 is 1.75 bits per heavy atom. The number of aliphatic hydroxyl groups is 3. The van der Waals surface area contributed by atoms with Gasteiger partial charge < -0.3 is 58.7 Å². The second kappa shape index (κ2) is 17.4. The number of carbonyl (C=O) groups excluding carboxylic acids is 6. The lowest BCUT2D eigenvalue weighted by molar-refractivity contribution is -0.257. The molecule has 0 radical (unpaired) electrons. The molecule has 4 saturated heterocycles. The van der Waals surface area contributed by atoms with E-state index in [4.69, 9.17) is 28.4 Å². The quantitative estimate of drug-likeness (QED) is 0.0973. The van der Waals surface area contributed by atoms with Crippen LogP contribution in [0.1, 0.15) is 101 Å². The van der Waals surface area contributed by atoms with Crippen LogP contribution in [0.25, 0.3) is 0 Å². The van der Waals surface area contributed by atoms with Gasteiger partial charge in [0.05, 0.1) is 59.8 Å². The van der Waals surface area contributed by atoms with Gasteiger partial charge in [0.15, 0.2) is 30.4 Å². The van der Waals surface area contributed by atoms with Crippen molar-refractivity contribution in [3.05, 3.63) is 51.6 Å². The number of phenolic OH excluding ortho intramolecular Hbond substituents is 2. The number of likely N-dealkylation sites (tertiary alicyclic amines) is 1. The molecule has 19 nitrogen and oxygen atoms in total. The first-order valence-corrected chi connectivity index (χ1v) is 22.7. The van der Waals surface area contributed by atoms with Crippen molar-refractivity contribution in [2.45, 2.75) is 118 Å². The first-order valence-electron chi connectivity index (χ1n) is 21.8. The van der Waals surface area contributed by atoms with Gasteiger partial charge >= 0.3 is 0 Å². The third-order valence-electron chi connectivity index (χ3n) is 14.5. The van der Waals surface area contributed by atoms with Gasteiger partial charge in [0.25, 0.3) is 0 Å². The largest absolute Gasteiger partial charge is 0.507 e. The zero-order valence-corrected chi connectivity index (χ0v) is 36.8. The maximum Gasteiger partial charge on any atom is 0.242 e. The van der Waals surface area contributed by atoms with Crippen LogP contribution in [0, 0.1) is 11.3 Å². The number of hydrogen-bond acceptors (Lipinski definition) is 19. The number of morpholine rings is 1. The summed E-state index contributed by atoms with van der Waals surface area (Å²) in [5, 5.41) is 54.1. The molecule has 1 saturated carbocycles. The van der Waals surface area contributed by atoms with E-state index < -0.39 is 124 Å². The highest BCUT2D eigenvalue weighted by atomic mass is 32.2. The van der Waals surface area contributed by atoms with Crippen molar-refractivity contribution in [3.8, 4) is 17.2 Å². The van der Waals surface area contributed by atoms with Gasteiger partial charge in [-0.1, -0.05) is 12.1 Å². The van der Waals surface area contributed by atoms with Crippen LogP contribution in [0.5, 0.6) is 17.2 Å². The number of carbonyl (C=O) groups is 6. The number of thioether (sulfide) groups is 1. The average molecular weight is 925 g/mol. The number of amides is 2. The maximum atomic E-state index is 14.2. The number of fused-ring (bicyclic) bond motifs is 6. The lowest BCUT2D eigenvalue weighted by atomic mass is 9.72. The highest BCUT2D eigenvalue weighted by molar-refractivity contribution is 8.01. The average Bonchev–Trinajstić information content (AvgIpc) is 3.82. The molecule has 5 N–H and O–H groups in total. The topological polar surface area (TPSA) is 265 Å². The minimum absolute atomic E-state index is 0.00192. The number of Topliss-reactive ketones (excluding diaryl/α,β-unsaturated/α-hetero) is 1. The molecule has 4 aliphatic heterocycles. The summed E-state index contributed by atoms with van der Waals surface area (Å²) >= 11 is 1.28. The van der Waals surface area contributed by atoms with Crippen molar-refractivity contribution < 1.29 is 82.7 Å². The zero-order valence-electron chi connectivity index (χ0n) is 36.0. The Hall–Kier alpha value is -4.35. The summed E-state index contributed by atoms with van der Waals surface area (Å²) in [6.45, 7) is 0.758. The highest BCUT2D eigenvalue weighted by Crippen LogP contribution is 2.53. The summed E-state index contributed by atoms with van der Waals surface area (Å²) in [6.07, 6.45) is -3.64. The molecular weight excluding hydrogens is 873 g/mol. The number of hydrogen-bond donors (Lipinski definition) is 5. The Kier molecular flexibility index (Phi) is 12.2. The molecule has 0 aromatic heterocycles. The van der Waals surface area contributed by atoms with E-state index in [-0.39, 0.29) is 78.3 Å². The highest BCUT2D eigenvalue weighted by Gasteiger charge is 2.58. The molecule has 10 atom stereocenters. The molecule has 0 bridgehead atoms. The molecular formula is C45H52N2O17S. The standard InChI is InChI=1S/C45H52N2O17S/c1-20-40-24(47-30(17-61-43(60-3)42(47)64-40)65-27-12-29(52)46(41(27)57)15-21-7-9-44(18-49,19-50)10-8-21)11-31(62-20)63-26-14-45(58,28(51)16-48)13-23-33(26)39(56)35-34(37(23)54)36(53)22-5-4-6-25(59-2)32(22)38(35)55/h4-6,18,20-21,24,26-27,30-31,40,42-43,48,50,54,56,58H,7-17,19H2,1-3H3/t20-,21?,24-,26-,27?,30?,31-,40+,42+,43-,44?,45-/m0/s1. The van der Waals surface area contributed by atoms with Crippen molar-refractivity contribution in [2.75, 3.05) is 40.6 Å². The van der Waals surface area contributed by atoms with E-state index in [1.807, 2.05) is 4.90 Å². The molecule has 5 fully saturated rings. The van der Waals surface area contributed by atoms with Crippen LogP contribution in [-0.2, 0) is 49.3 Å². The second-order valence-corrected chi connectivity index (χ2v) is 19.5. The minimum atomic E-state index is -2.34. The number of ether oxygens (including phenoxy) is 6. The number of benzene rings is 2. The Morgan fingerprint density at radius 1 is 1.02 bits per heavy atom. The van der Waals surface area contributed by atoms with Gasteiger partial charge in [-0.25, -0.2) is 0 Å². The Morgan fingerprint density at radius 3 is 2.43 bits per heavy atom. The first-order chi connectivity index (χ1) is 31.1. The van der Waals surface area contributed by atoms with Gasteiger partial charge in [-0.05, 0) is 44.6 Å². The van der Waals surface area contributed by atoms with Gasteiger partial charge in [-0.2, -0.15) is 0 Å². The van der Waals surface area contributed by atoms with Crippen LogP contribution < -0.4 is 4.74 Å². The number of methoxy groups -OCH3 is 2. The molecule has 20 heteroatoms. The van der Waals surface area contributed by atoms with Crippen LogP contribution in [0.4, 0.5) is 0 Å². The number of nitrogens with zero attached hydrogens (tertiary/aromatic N) is 2. The van der Waals surface area contributed by atoms with Crippen molar-refractivity contribution >= 4 is 47.2 Å². The van der Waals surface area contributed by atoms with Gasteiger partial charge in [-0.3, -0.25) is 33.8 Å². The fourth-order valence-electron chi connectivity index (χ4n) is 11.0. The van der Waals surface area contributed by atoms with E-state index in [1.54, 1.807) is 6.92 Å². The Bertz CT molecular complexity index is 2320. The summed E-state index contributed by atoms with van der Waals surface area (Å²) in [7, 11) is 2.79. The lowest BCUT2D eigenvalue weighted by Crippen LogP contribution is -2.59. The van der Waals surface area contributed by atoms with E-state index in [9.17, 15) is 54.3 Å². The summed E-state index contributed by atoms with van der Waals surface area (Å²) in [4.78, 5) is 83.6. The zero-order chi connectivity index (χ0) is 46.3. The molecule has 2 aromatic rings. The third-order valence-corrected chi connectivity index (χ3v) is 15.9. The summed E-state index contributed by atoms with van der Waals surface area (Å²) < 4.78 is 36.6. The minimum Gasteiger partial charge on any atom is -0.507 e. The number of imide groups is 1. The van der Waals surface area contributed by atoms with Crippen molar-refractivity contribution in [2.24, 2.45) is 11.3 Å². The number of rotatable bonds is 12. The first kappa shape index (κ1) is 45.8. The van der Waals surface area contributed by atoms with Crippen molar-refractivity contribution in [1.29, 1.82) is 0 Å². The third kappa shape index (κ3) is 7.49. The Labute approximate surface area is 377 Å². The number of ketones is 3. The van der Waals surface area contributed by atoms with Crippen LogP contribution >= 0.6 is 11.8 Å². The second-order valence-electron chi connectivity index (χ2n) is 18.2. The molecule has 7 aliphatic rings. The van der Waals surface area contributed by atoms with Crippen LogP contribution in [0.15, 0.2) is 18.2 Å². The molecule has 4 heterocycles. The predicted molar refractivity (Wildman–Crippen MR) is 223 cm³/mol. The molecule has 2 unspecified atom stereocenters. The number of phenols is 2. The fraction of sp³-hybridized carbons (Fsp3) is 0.600. The summed E-state index contributed by atoms with van der Waals surface area (Å²) in [5.41, 5.74) is -4.71. The van der Waals surface area contributed by atoms with Crippen LogP contribution in [-0.4, -0.2) is 165 Å². The van der Waals surface area contributed by atoms with E-state index in [0.29, 0.717) is 25.7 Å². The van der Waals surface area contributed by atoms with Crippen LogP contribution in [0.3, 0.4) is 0 Å². The van der Waals surface area contributed by atoms with Crippen molar-refractivity contribution in [1.82, 2.24) is 9.80 Å². The normalized spacial score (nSPS) is 35.6. The fourth-order valence-corrected chi connectivity index (χ4v) is 12.4. The van der Waals surface area contributed by atoms with E-state index in [0.717, 1.165) is 6.29 Å².